The number of hydrogen-bond donors (Lipinski definition) is 1. The summed E-state index contributed by atoms with van der Waals surface area (Å²) in [6, 6.07) is 6.21. The van der Waals surface area contributed by atoms with Crippen LogP contribution in [-0.4, -0.2) is 9.13 Å². The van der Waals surface area contributed by atoms with E-state index in [0.29, 0.717) is 0 Å². The van der Waals surface area contributed by atoms with Crippen LogP contribution in [0.25, 0.3) is 11.0 Å². The van der Waals surface area contributed by atoms with E-state index in [1.165, 1.54) is 24.8 Å². The van der Waals surface area contributed by atoms with E-state index in [-0.39, 0.29) is 11.2 Å². The van der Waals surface area contributed by atoms with E-state index in [1.54, 1.807) is 9.13 Å². The Morgan fingerprint density at radius 2 is 1.68 bits per heavy atom. The van der Waals surface area contributed by atoms with Gasteiger partial charge in [-0.15, -0.1) is 0 Å². The molecule has 1 aromatic carbocycles. The van der Waals surface area contributed by atoms with E-state index < -0.39 is 0 Å². The van der Waals surface area contributed by atoms with Gasteiger partial charge in [0, 0.05) is 19.6 Å². The topological polar surface area (TPSA) is 53.0 Å². The average molecular weight is 259 g/mol. The first kappa shape index (κ1) is 12.5. The first-order valence-electron chi connectivity index (χ1n) is 6.98. The van der Waals surface area contributed by atoms with Crippen LogP contribution in [0.3, 0.4) is 0 Å². The van der Waals surface area contributed by atoms with Crippen LogP contribution in [0.5, 0.6) is 0 Å². The smallest absolute Gasteiger partial charge is 0.321 e. The molecule has 0 unspecified atom stereocenters. The fourth-order valence-electron chi connectivity index (χ4n) is 3.29. The zero-order valence-corrected chi connectivity index (χ0v) is 11.6. The van der Waals surface area contributed by atoms with Crippen molar-refractivity contribution < 1.29 is 0 Å². The SMILES string of the molecule is Cn1c(=O)n(C)c2cc(C3(N)CCCCC3)ccc21. The molecule has 0 aliphatic heterocycles. The highest BCUT2D eigenvalue weighted by atomic mass is 16.1. The van der Waals surface area contributed by atoms with Crippen molar-refractivity contribution in [2.45, 2.75) is 37.6 Å². The quantitative estimate of drug-likeness (QED) is 0.851. The Balaban J connectivity index is 2.16. The number of hydrogen-bond acceptors (Lipinski definition) is 2. The van der Waals surface area contributed by atoms with Gasteiger partial charge in [-0.3, -0.25) is 9.13 Å². The number of nitrogens with zero attached hydrogens (tertiary/aromatic N) is 2. The molecule has 4 heteroatoms. The number of nitrogens with two attached hydrogens (primary N) is 1. The number of rotatable bonds is 1. The lowest BCUT2D eigenvalue weighted by molar-refractivity contribution is 0.302. The van der Waals surface area contributed by atoms with Crippen molar-refractivity contribution in [2.24, 2.45) is 19.8 Å². The van der Waals surface area contributed by atoms with E-state index in [1.807, 2.05) is 20.2 Å². The van der Waals surface area contributed by atoms with E-state index in [0.717, 1.165) is 23.9 Å². The van der Waals surface area contributed by atoms with Crippen molar-refractivity contribution in [1.82, 2.24) is 9.13 Å². The van der Waals surface area contributed by atoms with Crippen molar-refractivity contribution in [3.63, 3.8) is 0 Å². The predicted molar refractivity (Wildman–Crippen MR) is 77.1 cm³/mol. The van der Waals surface area contributed by atoms with Crippen LogP contribution in [0, 0.1) is 0 Å². The largest absolute Gasteiger partial charge is 0.328 e. The average Bonchev–Trinajstić information content (AvgIpc) is 2.64. The van der Waals surface area contributed by atoms with Crippen LogP contribution in [-0.2, 0) is 19.6 Å². The molecule has 0 saturated heterocycles. The zero-order chi connectivity index (χ0) is 13.6. The lowest BCUT2D eigenvalue weighted by Gasteiger charge is -2.34. The third-order valence-electron chi connectivity index (χ3n) is 4.59. The van der Waals surface area contributed by atoms with E-state index in [4.69, 9.17) is 5.73 Å². The molecule has 2 N–H and O–H groups in total. The number of fused-ring (bicyclic) bond motifs is 1. The number of benzene rings is 1. The summed E-state index contributed by atoms with van der Waals surface area (Å²) < 4.78 is 3.38. The maximum atomic E-state index is 12.0. The van der Waals surface area contributed by atoms with Gasteiger partial charge in [0.05, 0.1) is 11.0 Å². The first-order valence-corrected chi connectivity index (χ1v) is 6.98. The Hall–Kier alpha value is -1.55. The first-order chi connectivity index (χ1) is 9.03. The summed E-state index contributed by atoms with van der Waals surface area (Å²) in [6.45, 7) is 0. The lowest BCUT2D eigenvalue weighted by atomic mass is 9.77. The summed E-state index contributed by atoms with van der Waals surface area (Å²) >= 11 is 0. The van der Waals surface area contributed by atoms with Crippen LogP contribution >= 0.6 is 0 Å². The number of imidazole rings is 1. The Morgan fingerprint density at radius 3 is 2.37 bits per heavy atom. The second-order valence-corrected chi connectivity index (χ2v) is 5.82. The molecular formula is C15H21N3O. The molecule has 19 heavy (non-hydrogen) atoms. The van der Waals surface area contributed by atoms with Crippen molar-refractivity contribution in [2.75, 3.05) is 0 Å². The second-order valence-electron chi connectivity index (χ2n) is 5.82. The van der Waals surface area contributed by atoms with E-state index in [9.17, 15) is 4.79 Å². The molecule has 0 atom stereocenters. The molecule has 1 heterocycles. The summed E-state index contributed by atoms with van der Waals surface area (Å²) in [4.78, 5) is 12.0. The molecule has 1 aliphatic carbocycles. The highest BCUT2D eigenvalue weighted by molar-refractivity contribution is 5.77. The summed E-state index contributed by atoms with van der Waals surface area (Å²) in [6.07, 6.45) is 5.76. The minimum atomic E-state index is -0.210. The lowest BCUT2D eigenvalue weighted by Crippen LogP contribution is -2.38. The Morgan fingerprint density at radius 1 is 1.05 bits per heavy atom. The Labute approximate surface area is 112 Å². The minimum Gasteiger partial charge on any atom is -0.321 e. The fourth-order valence-corrected chi connectivity index (χ4v) is 3.29. The summed E-state index contributed by atoms with van der Waals surface area (Å²) in [5.74, 6) is 0. The molecule has 1 aliphatic rings. The van der Waals surface area contributed by atoms with Crippen LogP contribution in [0.2, 0.25) is 0 Å². The normalized spacial score (nSPS) is 18.9. The predicted octanol–water partition coefficient (Wildman–Crippen LogP) is 2.00. The third kappa shape index (κ3) is 1.82. The van der Waals surface area contributed by atoms with E-state index >= 15 is 0 Å². The second kappa shape index (κ2) is 4.23. The van der Waals surface area contributed by atoms with Gasteiger partial charge in [-0.25, -0.2) is 4.79 Å². The summed E-state index contributed by atoms with van der Waals surface area (Å²) in [5, 5.41) is 0. The number of aryl methyl sites for hydroxylation is 2. The molecule has 0 radical (unpaired) electrons. The molecule has 0 amide bonds. The maximum absolute atomic E-state index is 12.0. The minimum absolute atomic E-state index is 0.0156. The summed E-state index contributed by atoms with van der Waals surface area (Å²) in [5.41, 5.74) is 9.49. The molecule has 2 aromatic rings. The van der Waals surface area contributed by atoms with Gasteiger partial charge < -0.3 is 5.73 Å². The molecule has 1 fully saturated rings. The highest BCUT2D eigenvalue weighted by Gasteiger charge is 2.29. The maximum Gasteiger partial charge on any atom is 0.328 e. The molecule has 1 aromatic heterocycles. The molecule has 0 bridgehead atoms. The third-order valence-corrected chi connectivity index (χ3v) is 4.59. The van der Waals surface area contributed by atoms with Crippen LogP contribution in [0.4, 0.5) is 0 Å². The van der Waals surface area contributed by atoms with Gasteiger partial charge in [-0.1, -0.05) is 25.3 Å². The molecular weight excluding hydrogens is 238 g/mol. The monoisotopic (exact) mass is 259 g/mol. The zero-order valence-electron chi connectivity index (χ0n) is 11.6. The van der Waals surface area contributed by atoms with Gasteiger partial charge in [0.2, 0.25) is 0 Å². The van der Waals surface area contributed by atoms with Gasteiger partial charge in [0.25, 0.3) is 0 Å². The highest BCUT2D eigenvalue weighted by Crippen LogP contribution is 2.35. The van der Waals surface area contributed by atoms with Gasteiger partial charge >= 0.3 is 5.69 Å². The van der Waals surface area contributed by atoms with Crippen molar-refractivity contribution in [3.05, 3.63) is 34.2 Å². The fraction of sp³-hybridized carbons (Fsp3) is 0.533. The molecule has 0 spiro atoms. The van der Waals surface area contributed by atoms with E-state index in [2.05, 4.69) is 12.1 Å². The Kier molecular flexibility index (Phi) is 2.78. The van der Waals surface area contributed by atoms with Gasteiger partial charge in [0.1, 0.15) is 0 Å². The summed E-state index contributed by atoms with van der Waals surface area (Å²) in [7, 11) is 3.63. The van der Waals surface area contributed by atoms with Crippen molar-refractivity contribution >= 4 is 11.0 Å². The van der Waals surface area contributed by atoms with Crippen LogP contribution in [0.15, 0.2) is 23.0 Å². The van der Waals surface area contributed by atoms with Crippen LogP contribution in [0.1, 0.15) is 37.7 Å². The van der Waals surface area contributed by atoms with Crippen molar-refractivity contribution in [3.8, 4) is 0 Å². The molecule has 1 saturated carbocycles. The van der Waals surface area contributed by atoms with Gasteiger partial charge in [-0.2, -0.15) is 0 Å². The standard InChI is InChI=1S/C15H21N3O/c1-17-12-7-6-11(10-13(12)18(2)14(17)19)15(16)8-4-3-5-9-15/h6-7,10H,3-5,8-9,16H2,1-2H3. The van der Waals surface area contributed by atoms with Gasteiger partial charge in [-0.05, 0) is 30.5 Å². The van der Waals surface area contributed by atoms with Crippen molar-refractivity contribution in [1.29, 1.82) is 0 Å². The molecule has 102 valence electrons. The van der Waals surface area contributed by atoms with Gasteiger partial charge in [0.15, 0.2) is 0 Å². The molecule has 3 rings (SSSR count). The molecule has 4 nitrogen and oxygen atoms in total. The Bertz CT molecular complexity index is 674. The number of aromatic nitrogens is 2. The van der Waals surface area contributed by atoms with Crippen LogP contribution < -0.4 is 11.4 Å².